The molecule has 1 saturated heterocycles. The molecular formula is C15H26N2. The van der Waals surface area contributed by atoms with E-state index >= 15 is 0 Å². The molecule has 0 atom stereocenters. The van der Waals surface area contributed by atoms with E-state index in [0.717, 1.165) is 19.0 Å². The zero-order valence-electron chi connectivity index (χ0n) is 11.6. The standard InChI is InChI=1S/C13H20N2.C2H6/c1-3-11-12(9-15-13(11)4-2)10-5-7-14-8-6-10;1-2/h3-4,9-10,14-15H,5-8H2,1-2H3;1-2H3/b11-3-,13-4+;. The molecule has 1 aromatic rings. The molecule has 0 radical (unpaired) electrons. The lowest BCUT2D eigenvalue weighted by molar-refractivity contribution is 0.459. The summed E-state index contributed by atoms with van der Waals surface area (Å²) in [5, 5.41) is 6.09. The highest BCUT2D eigenvalue weighted by atomic mass is 14.9. The number of piperidine rings is 1. The first-order valence-corrected chi connectivity index (χ1v) is 6.87. The van der Waals surface area contributed by atoms with Crippen LogP contribution in [0, 0.1) is 0 Å². The molecule has 1 aromatic heterocycles. The molecule has 0 aliphatic carbocycles. The summed E-state index contributed by atoms with van der Waals surface area (Å²) in [6.45, 7) is 10.5. The van der Waals surface area contributed by atoms with E-state index in [0.29, 0.717) is 0 Å². The zero-order chi connectivity index (χ0) is 12.7. The van der Waals surface area contributed by atoms with Gasteiger partial charge in [-0.1, -0.05) is 26.0 Å². The van der Waals surface area contributed by atoms with E-state index in [1.165, 1.54) is 29.0 Å². The Hall–Kier alpha value is -1.02. The summed E-state index contributed by atoms with van der Waals surface area (Å²) in [5.74, 6) is 0.738. The Morgan fingerprint density at radius 3 is 2.29 bits per heavy atom. The molecule has 0 spiro atoms. The summed E-state index contributed by atoms with van der Waals surface area (Å²) in [5.41, 5.74) is 1.51. The highest BCUT2D eigenvalue weighted by Crippen LogP contribution is 2.21. The Bertz CT molecular complexity index is 422. The second kappa shape index (κ2) is 7.33. The van der Waals surface area contributed by atoms with Crippen molar-refractivity contribution in [3.05, 3.63) is 22.3 Å². The average Bonchev–Trinajstić information content (AvgIpc) is 2.84. The topological polar surface area (TPSA) is 27.8 Å². The third kappa shape index (κ3) is 3.22. The molecule has 96 valence electrons. The number of H-pyrrole nitrogens is 1. The molecule has 2 heteroatoms. The summed E-state index contributed by atoms with van der Waals surface area (Å²) in [4.78, 5) is 3.37. The maximum atomic E-state index is 3.41. The summed E-state index contributed by atoms with van der Waals surface area (Å²) in [6.07, 6.45) is 9.10. The van der Waals surface area contributed by atoms with E-state index < -0.39 is 0 Å². The second-order valence-electron chi connectivity index (χ2n) is 4.17. The van der Waals surface area contributed by atoms with Crippen LogP contribution in [0.1, 0.15) is 52.0 Å². The summed E-state index contributed by atoms with van der Waals surface area (Å²) in [6, 6.07) is 0. The summed E-state index contributed by atoms with van der Waals surface area (Å²) < 4.78 is 0. The Labute approximate surface area is 105 Å². The average molecular weight is 234 g/mol. The molecule has 2 rings (SSSR count). The number of nitrogens with one attached hydrogen (secondary N) is 2. The first kappa shape index (κ1) is 14.0. The molecule has 0 amide bonds. The van der Waals surface area contributed by atoms with Gasteiger partial charge in [0.1, 0.15) is 0 Å². The van der Waals surface area contributed by atoms with Gasteiger partial charge >= 0.3 is 0 Å². The molecule has 0 unspecified atom stereocenters. The Morgan fingerprint density at radius 1 is 1.12 bits per heavy atom. The van der Waals surface area contributed by atoms with Crippen molar-refractivity contribution in [1.29, 1.82) is 0 Å². The van der Waals surface area contributed by atoms with Crippen LogP contribution in [0.4, 0.5) is 0 Å². The van der Waals surface area contributed by atoms with Gasteiger partial charge in [-0.3, -0.25) is 0 Å². The number of hydrogen-bond acceptors (Lipinski definition) is 1. The van der Waals surface area contributed by atoms with Gasteiger partial charge in [0.2, 0.25) is 0 Å². The quantitative estimate of drug-likeness (QED) is 0.765. The molecule has 1 aliphatic heterocycles. The normalized spacial score (nSPS) is 19.1. The molecule has 2 heterocycles. The third-order valence-corrected chi connectivity index (χ3v) is 3.34. The molecule has 0 aromatic carbocycles. The third-order valence-electron chi connectivity index (χ3n) is 3.34. The molecule has 2 nitrogen and oxygen atoms in total. The van der Waals surface area contributed by atoms with Gasteiger partial charge in [0.25, 0.3) is 0 Å². The van der Waals surface area contributed by atoms with Crippen LogP contribution in [0.15, 0.2) is 6.20 Å². The first-order chi connectivity index (χ1) is 8.36. The summed E-state index contributed by atoms with van der Waals surface area (Å²) >= 11 is 0. The SMILES string of the molecule is C/C=c1/c(C2CCNCC2)c[nH]/c1=C/C.CC. The fraction of sp³-hybridized carbons (Fsp3) is 0.600. The Kier molecular flexibility index (Phi) is 6.06. The van der Waals surface area contributed by atoms with Gasteiger partial charge in [-0.2, -0.15) is 0 Å². The monoisotopic (exact) mass is 234 g/mol. The van der Waals surface area contributed by atoms with Gasteiger partial charge in [0.15, 0.2) is 0 Å². The van der Waals surface area contributed by atoms with Gasteiger partial charge in [0.05, 0.1) is 0 Å². The number of aromatic nitrogens is 1. The van der Waals surface area contributed by atoms with Crippen LogP contribution in [0.25, 0.3) is 12.2 Å². The van der Waals surface area contributed by atoms with Crippen molar-refractivity contribution in [3.63, 3.8) is 0 Å². The van der Waals surface area contributed by atoms with Crippen molar-refractivity contribution in [3.8, 4) is 0 Å². The van der Waals surface area contributed by atoms with E-state index in [-0.39, 0.29) is 0 Å². The van der Waals surface area contributed by atoms with Crippen molar-refractivity contribution in [2.24, 2.45) is 0 Å². The van der Waals surface area contributed by atoms with Crippen molar-refractivity contribution in [1.82, 2.24) is 10.3 Å². The highest BCUT2D eigenvalue weighted by molar-refractivity contribution is 5.33. The van der Waals surface area contributed by atoms with Gasteiger partial charge in [-0.25, -0.2) is 0 Å². The van der Waals surface area contributed by atoms with E-state index in [1.54, 1.807) is 0 Å². The predicted molar refractivity (Wildman–Crippen MR) is 76.5 cm³/mol. The zero-order valence-corrected chi connectivity index (χ0v) is 11.6. The minimum Gasteiger partial charge on any atom is -0.361 e. The lowest BCUT2D eigenvalue weighted by atomic mass is 9.91. The number of aromatic amines is 1. The fourth-order valence-electron chi connectivity index (χ4n) is 2.50. The molecule has 0 saturated carbocycles. The molecule has 17 heavy (non-hydrogen) atoms. The Balaban J connectivity index is 0.000000686. The second-order valence-corrected chi connectivity index (χ2v) is 4.17. The number of hydrogen-bond donors (Lipinski definition) is 2. The maximum absolute atomic E-state index is 3.41. The lowest BCUT2D eigenvalue weighted by Gasteiger charge is -2.21. The molecular weight excluding hydrogens is 208 g/mol. The maximum Gasteiger partial charge on any atom is 0.0410 e. The molecule has 1 aliphatic rings. The van der Waals surface area contributed by atoms with Crippen molar-refractivity contribution in [2.75, 3.05) is 13.1 Å². The summed E-state index contributed by atoms with van der Waals surface area (Å²) in [7, 11) is 0. The van der Waals surface area contributed by atoms with Gasteiger partial charge in [-0.15, -0.1) is 0 Å². The van der Waals surface area contributed by atoms with Crippen LogP contribution in [0.2, 0.25) is 0 Å². The van der Waals surface area contributed by atoms with Crippen LogP contribution in [-0.4, -0.2) is 18.1 Å². The van der Waals surface area contributed by atoms with Crippen molar-refractivity contribution < 1.29 is 0 Å². The van der Waals surface area contributed by atoms with E-state index in [1.807, 2.05) is 13.8 Å². The lowest BCUT2D eigenvalue weighted by Crippen LogP contribution is -2.31. The van der Waals surface area contributed by atoms with Gasteiger partial charge in [-0.05, 0) is 56.5 Å². The minimum atomic E-state index is 0.738. The number of rotatable bonds is 1. The first-order valence-electron chi connectivity index (χ1n) is 6.87. The molecule has 0 bridgehead atoms. The smallest absolute Gasteiger partial charge is 0.0410 e. The van der Waals surface area contributed by atoms with E-state index in [9.17, 15) is 0 Å². The van der Waals surface area contributed by atoms with Crippen LogP contribution in [0.3, 0.4) is 0 Å². The van der Waals surface area contributed by atoms with Crippen molar-refractivity contribution >= 4 is 12.2 Å². The van der Waals surface area contributed by atoms with Crippen molar-refractivity contribution in [2.45, 2.75) is 46.5 Å². The van der Waals surface area contributed by atoms with E-state index in [2.05, 4.69) is 42.5 Å². The van der Waals surface area contributed by atoms with Crippen LogP contribution in [-0.2, 0) is 0 Å². The van der Waals surface area contributed by atoms with Crippen LogP contribution in [0.5, 0.6) is 0 Å². The van der Waals surface area contributed by atoms with Crippen LogP contribution >= 0.6 is 0 Å². The Morgan fingerprint density at radius 2 is 1.76 bits per heavy atom. The molecule has 2 N–H and O–H groups in total. The van der Waals surface area contributed by atoms with Crippen LogP contribution < -0.4 is 15.9 Å². The largest absolute Gasteiger partial charge is 0.361 e. The minimum absolute atomic E-state index is 0.738. The molecule has 1 fully saturated rings. The van der Waals surface area contributed by atoms with Gasteiger partial charge < -0.3 is 10.3 Å². The van der Waals surface area contributed by atoms with E-state index in [4.69, 9.17) is 0 Å². The van der Waals surface area contributed by atoms with Gasteiger partial charge in [0, 0.05) is 11.5 Å². The predicted octanol–water partition coefficient (Wildman–Crippen LogP) is 2.11. The fourth-order valence-corrected chi connectivity index (χ4v) is 2.50. The highest BCUT2D eigenvalue weighted by Gasteiger charge is 2.16.